The third-order valence-corrected chi connectivity index (χ3v) is 5.12. The minimum Gasteiger partial charge on any atom is -0.495 e. The molecule has 0 aromatic heterocycles. The number of rotatable bonds is 4. The number of anilines is 2. The van der Waals surface area contributed by atoms with Gasteiger partial charge in [0.15, 0.2) is 0 Å². The van der Waals surface area contributed by atoms with Gasteiger partial charge in [0.2, 0.25) is 11.8 Å². The van der Waals surface area contributed by atoms with Gasteiger partial charge < -0.3 is 15.0 Å². The van der Waals surface area contributed by atoms with E-state index >= 15 is 0 Å². The molecule has 4 amide bonds. The van der Waals surface area contributed by atoms with E-state index in [0.717, 1.165) is 5.56 Å². The lowest BCUT2D eigenvalue weighted by atomic mass is 10.1. The minimum atomic E-state index is -0.545. The summed E-state index contributed by atoms with van der Waals surface area (Å²) in [6.07, 6.45) is 0.0762. The van der Waals surface area contributed by atoms with E-state index in [2.05, 4.69) is 10.6 Å². The minimum absolute atomic E-state index is 0.0762. The van der Waals surface area contributed by atoms with Crippen LogP contribution in [0.1, 0.15) is 32.7 Å². The maximum absolute atomic E-state index is 12.7. The molecule has 2 N–H and O–H groups in total. The number of fused-ring (bicyclic) bond motifs is 1. The molecule has 2 heterocycles. The standard InChI is InChI=1S/C21H19N3O5/c1-11-3-6-17(29-2)16(7-11)24-10-12(8-18(24)25)19(26)22-13-4-5-14-15(9-13)21(28)23-20(14)27/h3-7,9,12H,8,10H2,1-2H3,(H,22,26)(H,23,27,28). The number of nitrogens with zero attached hydrogens (tertiary/aromatic N) is 1. The van der Waals surface area contributed by atoms with Crippen molar-refractivity contribution < 1.29 is 23.9 Å². The van der Waals surface area contributed by atoms with Crippen molar-refractivity contribution in [3.8, 4) is 5.75 Å². The third kappa shape index (κ3) is 3.33. The summed E-state index contributed by atoms with van der Waals surface area (Å²) in [6.45, 7) is 2.15. The lowest BCUT2D eigenvalue weighted by Crippen LogP contribution is -2.28. The molecule has 1 fully saturated rings. The summed E-state index contributed by atoms with van der Waals surface area (Å²) in [4.78, 5) is 50.3. The number of carbonyl (C=O) groups excluding carboxylic acids is 4. The molecule has 148 valence electrons. The normalized spacial score (nSPS) is 17.9. The van der Waals surface area contributed by atoms with Crippen LogP contribution in [0.25, 0.3) is 0 Å². The molecule has 1 saturated heterocycles. The molecule has 29 heavy (non-hydrogen) atoms. The van der Waals surface area contributed by atoms with Gasteiger partial charge in [-0.3, -0.25) is 24.5 Å². The number of hydrogen-bond donors (Lipinski definition) is 2. The van der Waals surface area contributed by atoms with Gasteiger partial charge in [0, 0.05) is 18.7 Å². The van der Waals surface area contributed by atoms with Crippen molar-refractivity contribution in [2.24, 2.45) is 5.92 Å². The van der Waals surface area contributed by atoms with Crippen molar-refractivity contribution >= 4 is 35.0 Å². The monoisotopic (exact) mass is 393 g/mol. The van der Waals surface area contributed by atoms with Crippen LogP contribution in [0, 0.1) is 12.8 Å². The molecule has 1 atom stereocenters. The van der Waals surface area contributed by atoms with Gasteiger partial charge in [-0.05, 0) is 42.8 Å². The van der Waals surface area contributed by atoms with Gasteiger partial charge in [0.25, 0.3) is 11.8 Å². The van der Waals surface area contributed by atoms with Gasteiger partial charge >= 0.3 is 0 Å². The van der Waals surface area contributed by atoms with Gasteiger partial charge in [-0.1, -0.05) is 6.07 Å². The van der Waals surface area contributed by atoms with E-state index in [9.17, 15) is 19.2 Å². The maximum Gasteiger partial charge on any atom is 0.259 e. The number of ether oxygens (including phenoxy) is 1. The Morgan fingerprint density at radius 1 is 1.10 bits per heavy atom. The van der Waals surface area contributed by atoms with Gasteiger partial charge in [-0.25, -0.2) is 0 Å². The zero-order valence-electron chi connectivity index (χ0n) is 15.9. The number of methoxy groups -OCH3 is 1. The first-order valence-electron chi connectivity index (χ1n) is 9.13. The molecule has 0 spiro atoms. The van der Waals surface area contributed by atoms with Gasteiger partial charge in [0.05, 0.1) is 29.8 Å². The molecule has 4 rings (SSSR count). The Morgan fingerprint density at radius 2 is 1.86 bits per heavy atom. The van der Waals surface area contributed by atoms with Crippen LogP contribution >= 0.6 is 0 Å². The zero-order valence-corrected chi connectivity index (χ0v) is 15.9. The molecule has 0 bridgehead atoms. The summed E-state index contributed by atoms with van der Waals surface area (Å²) in [5.74, 6) is -1.40. The Bertz CT molecular complexity index is 1060. The number of carbonyl (C=O) groups is 4. The fourth-order valence-corrected chi connectivity index (χ4v) is 3.62. The molecule has 0 aliphatic carbocycles. The Balaban J connectivity index is 1.51. The fraction of sp³-hybridized carbons (Fsp3) is 0.238. The average Bonchev–Trinajstić information content (AvgIpc) is 3.21. The van der Waals surface area contributed by atoms with Crippen LogP contribution in [0.3, 0.4) is 0 Å². The summed E-state index contributed by atoms with van der Waals surface area (Å²) in [5, 5.41) is 4.95. The van der Waals surface area contributed by atoms with Crippen molar-refractivity contribution in [3.05, 3.63) is 53.1 Å². The Hall–Kier alpha value is -3.68. The van der Waals surface area contributed by atoms with Crippen LogP contribution < -0.4 is 20.3 Å². The molecular formula is C21H19N3O5. The summed E-state index contributed by atoms with van der Waals surface area (Å²) >= 11 is 0. The van der Waals surface area contributed by atoms with E-state index in [4.69, 9.17) is 4.74 Å². The number of imide groups is 1. The number of hydrogen-bond acceptors (Lipinski definition) is 5. The quantitative estimate of drug-likeness (QED) is 0.772. The Kier molecular flexibility index (Phi) is 4.54. The second-order valence-corrected chi connectivity index (χ2v) is 7.11. The third-order valence-electron chi connectivity index (χ3n) is 5.12. The van der Waals surface area contributed by atoms with Gasteiger partial charge in [0.1, 0.15) is 5.75 Å². The molecule has 8 heteroatoms. The van der Waals surface area contributed by atoms with Crippen LogP contribution in [0.15, 0.2) is 36.4 Å². The van der Waals surface area contributed by atoms with Crippen molar-refractivity contribution in [3.63, 3.8) is 0 Å². The molecule has 2 aromatic carbocycles. The van der Waals surface area contributed by atoms with E-state index in [-0.39, 0.29) is 35.9 Å². The largest absolute Gasteiger partial charge is 0.495 e. The molecule has 0 radical (unpaired) electrons. The van der Waals surface area contributed by atoms with Gasteiger partial charge in [-0.2, -0.15) is 0 Å². The van der Waals surface area contributed by atoms with E-state index in [0.29, 0.717) is 17.1 Å². The Labute approximate surface area is 166 Å². The maximum atomic E-state index is 12.7. The lowest BCUT2D eigenvalue weighted by Gasteiger charge is -2.20. The zero-order chi connectivity index (χ0) is 20.7. The van der Waals surface area contributed by atoms with E-state index in [1.807, 2.05) is 19.1 Å². The van der Waals surface area contributed by atoms with E-state index < -0.39 is 17.7 Å². The average molecular weight is 393 g/mol. The van der Waals surface area contributed by atoms with Crippen LogP contribution in [-0.2, 0) is 9.59 Å². The van der Waals surface area contributed by atoms with Crippen molar-refractivity contribution in [1.29, 1.82) is 0 Å². The van der Waals surface area contributed by atoms with Gasteiger partial charge in [-0.15, -0.1) is 0 Å². The highest BCUT2D eigenvalue weighted by atomic mass is 16.5. The topological polar surface area (TPSA) is 105 Å². The number of amides is 4. The lowest BCUT2D eigenvalue weighted by molar-refractivity contribution is -0.122. The number of nitrogens with one attached hydrogen (secondary N) is 2. The van der Waals surface area contributed by atoms with Crippen LogP contribution in [0.5, 0.6) is 5.75 Å². The number of benzene rings is 2. The van der Waals surface area contributed by atoms with E-state index in [1.54, 1.807) is 17.0 Å². The molecule has 8 nitrogen and oxygen atoms in total. The highest BCUT2D eigenvalue weighted by Crippen LogP contribution is 2.34. The van der Waals surface area contributed by atoms with Crippen molar-refractivity contribution in [2.45, 2.75) is 13.3 Å². The summed E-state index contributed by atoms with van der Waals surface area (Å²) < 4.78 is 5.35. The summed E-state index contributed by atoms with van der Waals surface area (Å²) in [7, 11) is 1.54. The molecule has 0 saturated carbocycles. The number of aryl methyl sites for hydroxylation is 1. The SMILES string of the molecule is COc1ccc(C)cc1N1CC(C(=O)Nc2ccc3c(c2)C(=O)NC3=O)CC1=O. The molecule has 2 aliphatic rings. The summed E-state index contributed by atoms with van der Waals surface area (Å²) in [6, 6.07) is 10.1. The fourth-order valence-electron chi connectivity index (χ4n) is 3.62. The molecule has 2 aliphatic heterocycles. The highest BCUT2D eigenvalue weighted by molar-refractivity contribution is 6.22. The second-order valence-electron chi connectivity index (χ2n) is 7.11. The smallest absolute Gasteiger partial charge is 0.259 e. The van der Waals surface area contributed by atoms with Crippen LogP contribution in [0.2, 0.25) is 0 Å². The predicted molar refractivity (Wildman–Crippen MR) is 105 cm³/mol. The first-order valence-corrected chi connectivity index (χ1v) is 9.13. The van der Waals surface area contributed by atoms with Crippen molar-refractivity contribution in [1.82, 2.24) is 5.32 Å². The van der Waals surface area contributed by atoms with E-state index in [1.165, 1.54) is 19.2 Å². The molecular weight excluding hydrogens is 374 g/mol. The van der Waals surface area contributed by atoms with Crippen LogP contribution in [-0.4, -0.2) is 37.3 Å². The molecule has 2 aromatic rings. The summed E-state index contributed by atoms with van der Waals surface area (Å²) in [5.41, 5.74) is 2.52. The highest BCUT2D eigenvalue weighted by Gasteiger charge is 2.36. The molecule has 1 unspecified atom stereocenters. The second kappa shape index (κ2) is 7.05. The first-order chi connectivity index (χ1) is 13.9. The Morgan fingerprint density at radius 3 is 2.62 bits per heavy atom. The van der Waals surface area contributed by atoms with Crippen LogP contribution in [0.4, 0.5) is 11.4 Å². The first kappa shape index (κ1) is 18.7. The predicted octanol–water partition coefficient (Wildman–Crippen LogP) is 1.88. The van der Waals surface area contributed by atoms with Crippen molar-refractivity contribution in [2.75, 3.05) is 23.9 Å².